The lowest BCUT2D eigenvalue weighted by molar-refractivity contribution is -0.161. The summed E-state index contributed by atoms with van der Waals surface area (Å²) in [6, 6.07) is 17.7. The van der Waals surface area contributed by atoms with Crippen LogP contribution in [0.4, 0.5) is 0 Å². The van der Waals surface area contributed by atoms with Gasteiger partial charge in [0.05, 0.1) is 18.4 Å². The molecular weight excluding hydrogens is 456 g/mol. The summed E-state index contributed by atoms with van der Waals surface area (Å²) in [5, 5.41) is 2.64. The van der Waals surface area contributed by atoms with Gasteiger partial charge in [-0.2, -0.15) is 5.48 Å². The molecule has 2 aromatic rings. The number of hydroxylamine groups is 1. The summed E-state index contributed by atoms with van der Waals surface area (Å²) in [4.78, 5) is 41.2. The summed E-state index contributed by atoms with van der Waals surface area (Å²) in [6.45, 7) is 2.24. The molecule has 2 aromatic carbocycles. The number of unbranched alkanes of at least 4 members (excludes halogenated alkanes) is 2. The second-order valence-electron chi connectivity index (χ2n) is 9.17. The number of aryl methyl sites for hydroxylation is 2. The van der Waals surface area contributed by atoms with E-state index < -0.39 is 23.8 Å². The Balaban J connectivity index is 1.62. The fourth-order valence-electron chi connectivity index (χ4n) is 3.66. The van der Waals surface area contributed by atoms with Crippen molar-refractivity contribution in [2.45, 2.75) is 64.3 Å². The Labute approximate surface area is 214 Å². The van der Waals surface area contributed by atoms with Crippen LogP contribution in [0.15, 0.2) is 54.6 Å². The molecule has 0 radical (unpaired) electrons. The molecule has 2 amide bonds. The van der Waals surface area contributed by atoms with Gasteiger partial charge in [0.25, 0.3) is 5.91 Å². The zero-order valence-corrected chi connectivity index (χ0v) is 21.2. The van der Waals surface area contributed by atoms with Gasteiger partial charge < -0.3 is 21.6 Å². The van der Waals surface area contributed by atoms with Crippen molar-refractivity contribution in [3.63, 3.8) is 0 Å². The molecular formula is C28H40N4O4. The maximum Gasteiger partial charge on any atom is 0.336 e. The van der Waals surface area contributed by atoms with Crippen molar-refractivity contribution >= 4 is 17.8 Å². The second-order valence-corrected chi connectivity index (χ2v) is 9.17. The molecule has 8 heteroatoms. The number of carbonyl (C=O) groups excluding carboxylic acids is 3. The van der Waals surface area contributed by atoms with E-state index in [4.69, 9.17) is 16.3 Å². The molecule has 196 valence electrons. The highest BCUT2D eigenvalue weighted by atomic mass is 16.7. The van der Waals surface area contributed by atoms with E-state index >= 15 is 0 Å². The van der Waals surface area contributed by atoms with Gasteiger partial charge in [0.15, 0.2) is 0 Å². The van der Waals surface area contributed by atoms with Crippen LogP contribution in [-0.4, -0.2) is 36.9 Å². The van der Waals surface area contributed by atoms with Crippen LogP contribution in [0.25, 0.3) is 0 Å². The lowest BCUT2D eigenvalue weighted by atomic mass is 10.0. The Bertz CT molecular complexity index is 934. The fraction of sp³-hybridized carbons (Fsp3) is 0.464. The molecule has 0 aliphatic rings. The third-order valence-corrected chi connectivity index (χ3v) is 5.97. The smallest absolute Gasteiger partial charge is 0.336 e. The van der Waals surface area contributed by atoms with E-state index in [0.717, 1.165) is 44.1 Å². The topological polar surface area (TPSA) is 137 Å². The third-order valence-electron chi connectivity index (χ3n) is 5.97. The molecule has 0 bridgehead atoms. The average Bonchev–Trinajstić information content (AvgIpc) is 2.89. The van der Waals surface area contributed by atoms with E-state index in [2.05, 4.69) is 35.1 Å². The van der Waals surface area contributed by atoms with E-state index in [9.17, 15) is 14.4 Å². The molecule has 2 atom stereocenters. The average molecular weight is 497 g/mol. The molecule has 2 rings (SSSR count). The van der Waals surface area contributed by atoms with E-state index in [1.807, 2.05) is 30.3 Å². The Hall–Kier alpha value is -3.23. The number of benzene rings is 2. The standard InChI is InChI=1S/C28H40N4O4/c1-21(20-31-27(34)25(30)13-7-8-18-29)28(35)36-32-26(33)19-24-16-14-23(15-17-24)12-6-5-11-22-9-3-2-4-10-22/h2-4,9-10,14-17,21,25H,5-8,11-13,18-20,29-30H2,1H3,(H,31,34)(H,32,33)/t21-,25-/m0/s1. The molecule has 0 aromatic heterocycles. The Morgan fingerprint density at radius 2 is 1.47 bits per heavy atom. The molecule has 0 fully saturated rings. The van der Waals surface area contributed by atoms with Crippen molar-refractivity contribution < 1.29 is 19.2 Å². The van der Waals surface area contributed by atoms with Crippen molar-refractivity contribution in [1.82, 2.24) is 10.8 Å². The van der Waals surface area contributed by atoms with Crippen molar-refractivity contribution in [1.29, 1.82) is 0 Å². The van der Waals surface area contributed by atoms with Gasteiger partial charge in [0.1, 0.15) is 0 Å². The largest absolute Gasteiger partial charge is 0.354 e. The maximum atomic E-state index is 12.2. The molecule has 0 unspecified atom stereocenters. The van der Waals surface area contributed by atoms with E-state index in [1.54, 1.807) is 6.92 Å². The lowest BCUT2D eigenvalue weighted by Crippen LogP contribution is -2.43. The zero-order chi connectivity index (χ0) is 26.2. The van der Waals surface area contributed by atoms with Crippen LogP contribution in [0, 0.1) is 5.92 Å². The maximum absolute atomic E-state index is 12.2. The van der Waals surface area contributed by atoms with Gasteiger partial charge in [-0.1, -0.05) is 67.9 Å². The summed E-state index contributed by atoms with van der Waals surface area (Å²) < 4.78 is 0. The number of hydrogen-bond acceptors (Lipinski definition) is 6. The SMILES string of the molecule is C[C@@H](CNC(=O)[C@@H](N)CCCCN)C(=O)ONC(=O)Cc1ccc(CCCCc2ccccc2)cc1. The molecule has 8 nitrogen and oxygen atoms in total. The zero-order valence-electron chi connectivity index (χ0n) is 21.2. The van der Waals surface area contributed by atoms with Crippen molar-refractivity contribution in [2.75, 3.05) is 13.1 Å². The highest BCUT2D eigenvalue weighted by molar-refractivity contribution is 5.83. The van der Waals surface area contributed by atoms with E-state index in [1.165, 1.54) is 11.1 Å². The van der Waals surface area contributed by atoms with Gasteiger partial charge in [-0.15, -0.1) is 0 Å². The summed E-state index contributed by atoms with van der Waals surface area (Å²) in [5.74, 6) is -2.01. The predicted octanol–water partition coefficient (Wildman–Crippen LogP) is 2.58. The first-order chi connectivity index (χ1) is 17.4. The molecule has 0 saturated carbocycles. The van der Waals surface area contributed by atoms with E-state index in [0.29, 0.717) is 13.0 Å². The quantitative estimate of drug-likeness (QED) is 0.221. The molecule has 6 N–H and O–H groups in total. The number of hydrogen-bond donors (Lipinski definition) is 4. The summed E-state index contributed by atoms with van der Waals surface area (Å²) in [6.07, 6.45) is 6.51. The summed E-state index contributed by atoms with van der Waals surface area (Å²) >= 11 is 0. The number of nitrogens with one attached hydrogen (secondary N) is 2. The number of rotatable bonds is 15. The van der Waals surface area contributed by atoms with Crippen molar-refractivity contribution in [3.8, 4) is 0 Å². The van der Waals surface area contributed by atoms with Crippen LogP contribution in [0.1, 0.15) is 55.7 Å². The Morgan fingerprint density at radius 1 is 0.861 bits per heavy atom. The first kappa shape index (κ1) is 29.0. The molecule has 0 saturated heterocycles. The van der Waals surface area contributed by atoms with Gasteiger partial charge in [0, 0.05) is 6.54 Å². The van der Waals surface area contributed by atoms with Crippen molar-refractivity contribution in [3.05, 3.63) is 71.3 Å². The molecule has 0 heterocycles. The predicted molar refractivity (Wildman–Crippen MR) is 141 cm³/mol. The van der Waals surface area contributed by atoms with Crippen LogP contribution in [0.5, 0.6) is 0 Å². The van der Waals surface area contributed by atoms with Gasteiger partial charge in [-0.3, -0.25) is 9.59 Å². The molecule has 0 aliphatic carbocycles. The minimum Gasteiger partial charge on any atom is -0.354 e. The summed E-state index contributed by atoms with van der Waals surface area (Å²) in [5.41, 5.74) is 16.9. The lowest BCUT2D eigenvalue weighted by Gasteiger charge is -2.15. The summed E-state index contributed by atoms with van der Waals surface area (Å²) in [7, 11) is 0. The molecule has 0 aliphatic heterocycles. The Kier molecular flexibility index (Phi) is 13.2. The first-order valence-corrected chi connectivity index (χ1v) is 12.7. The number of nitrogens with two attached hydrogens (primary N) is 2. The molecule has 36 heavy (non-hydrogen) atoms. The van der Waals surface area contributed by atoms with Crippen LogP contribution in [0.2, 0.25) is 0 Å². The minimum absolute atomic E-state index is 0.0743. The first-order valence-electron chi connectivity index (χ1n) is 12.7. The third kappa shape index (κ3) is 11.5. The van der Waals surface area contributed by atoms with E-state index in [-0.39, 0.29) is 18.9 Å². The van der Waals surface area contributed by atoms with Crippen LogP contribution >= 0.6 is 0 Å². The molecule has 0 spiro atoms. The van der Waals surface area contributed by atoms with Crippen LogP contribution < -0.4 is 22.3 Å². The second kappa shape index (κ2) is 16.4. The monoisotopic (exact) mass is 496 g/mol. The van der Waals surface area contributed by atoms with Gasteiger partial charge >= 0.3 is 5.97 Å². The highest BCUT2D eigenvalue weighted by Gasteiger charge is 2.19. The minimum atomic E-state index is -0.639. The normalized spacial score (nSPS) is 12.4. The van der Waals surface area contributed by atoms with Gasteiger partial charge in [-0.25, -0.2) is 4.79 Å². The Morgan fingerprint density at radius 3 is 2.11 bits per heavy atom. The van der Waals surface area contributed by atoms with Crippen LogP contribution in [0.3, 0.4) is 0 Å². The highest BCUT2D eigenvalue weighted by Crippen LogP contribution is 2.11. The van der Waals surface area contributed by atoms with Crippen LogP contribution in [-0.2, 0) is 38.5 Å². The van der Waals surface area contributed by atoms with Gasteiger partial charge in [0.2, 0.25) is 5.91 Å². The fourth-order valence-corrected chi connectivity index (χ4v) is 3.66. The number of carbonyl (C=O) groups is 3. The van der Waals surface area contributed by atoms with Crippen molar-refractivity contribution in [2.24, 2.45) is 17.4 Å². The van der Waals surface area contributed by atoms with Gasteiger partial charge in [-0.05, 0) is 61.8 Å². The number of amides is 2.